The molecule has 1 aliphatic carbocycles. The third-order valence-electron chi connectivity index (χ3n) is 5.16. The van der Waals surface area contributed by atoms with E-state index >= 15 is 0 Å². The molecule has 1 fully saturated rings. The molecule has 1 N–H and O–H groups in total. The Kier molecular flexibility index (Phi) is 5.62. The van der Waals surface area contributed by atoms with Crippen LogP contribution in [0, 0.1) is 18.6 Å². The maximum absolute atomic E-state index is 13.8. The van der Waals surface area contributed by atoms with E-state index < -0.39 is 29.3 Å². The van der Waals surface area contributed by atoms with Crippen molar-refractivity contribution < 1.29 is 31.5 Å². The van der Waals surface area contributed by atoms with Gasteiger partial charge in [-0.1, -0.05) is 6.07 Å². The maximum atomic E-state index is 13.8. The van der Waals surface area contributed by atoms with E-state index in [1.54, 1.807) is 6.92 Å². The summed E-state index contributed by atoms with van der Waals surface area (Å²) in [5, 5.41) is 2.41. The van der Waals surface area contributed by atoms with Gasteiger partial charge < -0.3 is 10.1 Å². The Morgan fingerprint density at radius 2 is 1.69 bits per heavy atom. The number of hydrogen-bond donors (Lipinski definition) is 1. The van der Waals surface area contributed by atoms with Gasteiger partial charge >= 0.3 is 6.18 Å². The van der Waals surface area contributed by atoms with Crippen molar-refractivity contribution >= 4 is 11.6 Å². The van der Waals surface area contributed by atoms with Crippen LogP contribution in [0.2, 0.25) is 0 Å². The van der Waals surface area contributed by atoms with Crippen LogP contribution in [0.25, 0.3) is 0 Å². The summed E-state index contributed by atoms with van der Waals surface area (Å²) in [7, 11) is 0. The Morgan fingerprint density at radius 3 is 2.31 bits per heavy atom. The third-order valence-corrected chi connectivity index (χ3v) is 5.16. The first-order valence-corrected chi connectivity index (χ1v) is 9.88. The minimum atomic E-state index is -4.67. The summed E-state index contributed by atoms with van der Waals surface area (Å²) in [6, 6.07) is 10.7. The smallest absolute Gasteiger partial charge is 0.416 e. The second-order valence-corrected chi connectivity index (χ2v) is 7.68. The van der Waals surface area contributed by atoms with Gasteiger partial charge in [0.15, 0.2) is 0 Å². The summed E-state index contributed by atoms with van der Waals surface area (Å²) in [6.07, 6.45) is -3.46. The van der Waals surface area contributed by atoms with Crippen LogP contribution in [0.5, 0.6) is 11.5 Å². The lowest BCUT2D eigenvalue weighted by Gasteiger charge is -2.19. The predicted octanol–water partition coefficient (Wildman–Crippen LogP) is 7.21. The Morgan fingerprint density at radius 1 is 0.969 bits per heavy atom. The fourth-order valence-electron chi connectivity index (χ4n) is 3.45. The normalized spacial score (nSPS) is 13.7. The number of carbonyl (C=O) groups is 1. The molecule has 1 aliphatic rings. The molecular weight excluding hydrogens is 429 g/mol. The lowest BCUT2D eigenvalue weighted by molar-refractivity contribution is -0.138. The molecule has 3 aromatic rings. The van der Waals surface area contributed by atoms with Gasteiger partial charge in [-0.25, -0.2) is 8.78 Å². The minimum absolute atomic E-state index is 0.0505. The first-order chi connectivity index (χ1) is 15.1. The number of benzene rings is 3. The molecule has 0 heterocycles. The molecule has 3 aromatic carbocycles. The van der Waals surface area contributed by atoms with Gasteiger partial charge in [0.05, 0.1) is 11.1 Å². The lowest BCUT2D eigenvalue weighted by Crippen LogP contribution is -2.17. The number of carbonyl (C=O) groups excluding carboxylic acids is 1. The second kappa shape index (κ2) is 8.26. The van der Waals surface area contributed by atoms with Gasteiger partial charge in [0, 0.05) is 5.69 Å². The topological polar surface area (TPSA) is 38.3 Å². The minimum Gasteiger partial charge on any atom is -0.456 e. The zero-order valence-electron chi connectivity index (χ0n) is 16.9. The maximum Gasteiger partial charge on any atom is 0.416 e. The number of nitrogens with one attached hydrogen (secondary N) is 1. The molecule has 0 aliphatic heterocycles. The molecule has 32 heavy (non-hydrogen) atoms. The quantitative estimate of drug-likeness (QED) is 0.420. The Bertz CT molecular complexity index is 1190. The first-order valence-electron chi connectivity index (χ1n) is 9.88. The zero-order valence-corrected chi connectivity index (χ0v) is 16.9. The number of amides is 1. The molecule has 0 aromatic heterocycles. The molecule has 0 bridgehead atoms. The number of aryl methyl sites for hydroxylation is 1. The standard InChI is InChI=1S/C24H18F5NO2/c1-13-9-16(26)7-8-21(13)32-22-12-18(14-5-6-14)20(24(27,28)29)11-19(22)23(31)30-17-4-2-3-15(25)10-17/h2-4,7-12,14H,5-6H2,1H3,(H,30,31). The van der Waals surface area contributed by atoms with Crippen molar-refractivity contribution in [3.8, 4) is 11.5 Å². The summed E-state index contributed by atoms with van der Waals surface area (Å²) in [5.41, 5.74) is -0.732. The molecule has 0 radical (unpaired) electrons. The number of rotatable bonds is 5. The molecule has 1 saturated carbocycles. The van der Waals surface area contributed by atoms with E-state index in [0.29, 0.717) is 18.4 Å². The van der Waals surface area contributed by atoms with Gasteiger partial charge in [-0.15, -0.1) is 0 Å². The summed E-state index contributed by atoms with van der Waals surface area (Å²) in [4.78, 5) is 12.9. The van der Waals surface area contributed by atoms with Crippen molar-refractivity contribution in [2.75, 3.05) is 5.32 Å². The molecule has 0 unspecified atom stereocenters. The van der Waals surface area contributed by atoms with Crippen LogP contribution in [0.15, 0.2) is 54.6 Å². The van der Waals surface area contributed by atoms with Crippen molar-refractivity contribution in [1.29, 1.82) is 0 Å². The molecule has 0 atom stereocenters. The highest BCUT2D eigenvalue weighted by Gasteiger charge is 2.40. The molecule has 166 valence electrons. The SMILES string of the molecule is Cc1cc(F)ccc1Oc1cc(C2CC2)c(C(F)(F)F)cc1C(=O)Nc1cccc(F)c1. The third kappa shape index (κ3) is 4.74. The van der Waals surface area contributed by atoms with Crippen LogP contribution < -0.4 is 10.1 Å². The highest BCUT2D eigenvalue weighted by Crippen LogP contribution is 2.48. The zero-order chi connectivity index (χ0) is 23.0. The summed E-state index contributed by atoms with van der Waals surface area (Å²) < 4.78 is 74.0. The van der Waals surface area contributed by atoms with Crippen LogP contribution in [0.4, 0.5) is 27.6 Å². The van der Waals surface area contributed by atoms with E-state index in [1.807, 2.05) is 0 Å². The molecule has 0 saturated heterocycles. The van der Waals surface area contributed by atoms with Crippen LogP contribution in [0.1, 0.15) is 45.8 Å². The van der Waals surface area contributed by atoms with E-state index in [9.17, 15) is 26.7 Å². The van der Waals surface area contributed by atoms with Crippen LogP contribution >= 0.6 is 0 Å². The Balaban J connectivity index is 1.80. The molecule has 1 amide bonds. The fourth-order valence-corrected chi connectivity index (χ4v) is 3.45. The highest BCUT2D eigenvalue weighted by atomic mass is 19.4. The summed E-state index contributed by atoms with van der Waals surface area (Å²) in [6.45, 7) is 1.58. The largest absolute Gasteiger partial charge is 0.456 e. The first kappa shape index (κ1) is 21.8. The van der Waals surface area contributed by atoms with Crippen LogP contribution in [0.3, 0.4) is 0 Å². The highest BCUT2D eigenvalue weighted by molar-refractivity contribution is 6.06. The summed E-state index contributed by atoms with van der Waals surface area (Å²) >= 11 is 0. The van der Waals surface area contributed by atoms with Gasteiger partial charge in [0.25, 0.3) is 5.91 Å². The van der Waals surface area contributed by atoms with Crippen molar-refractivity contribution in [2.24, 2.45) is 0 Å². The average Bonchev–Trinajstić information content (AvgIpc) is 3.54. The van der Waals surface area contributed by atoms with Gasteiger partial charge in [0.1, 0.15) is 23.1 Å². The van der Waals surface area contributed by atoms with Crippen LogP contribution in [-0.2, 0) is 6.18 Å². The molecule has 3 nitrogen and oxygen atoms in total. The number of alkyl halides is 3. The van der Waals surface area contributed by atoms with Gasteiger partial charge in [0.2, 0.25) is 0 Å². The van der Waals surface area contributed by atoms with Gasteiger partial charge in [-0.3, -0.25) is 4.79 Å². The Hall–Kier alpha value is -3.42. The molecule has 8 heteroatoms. The van der Waals surface area contributed by atoms with Crippen molar-refractivity contribution in [1.82, 2.24) is 0 Å². The van der Waals surface area contributed by atoms with E-state index in [0.717, 1.165) is 18.2 Å². The number of anilines is 1. The summed E-state index contributed by atoms with van der Waals surface area (Å²) in [5.74, 6) is -2.16. The Labute approximate surface area is 180 Å². The van der Waals surface area contributed by atoms with E-state index in [-0.39, 0.29) is 34.2 Å². The van der Waals surface area contributed by atoms with Crippen molar-refractivity contribution in [2.45, 2.75) is 31.9 Å². The fraction of sp³-hybridized carbons (Fsp3) is 0.208. The van der Waals surface area contributed by atoms with E-state index in [1.165, 1.54) is 36.4 Å². The lowest BCUT2D eigenvalue weighted by atomic mass is 9.98. The molecule has 0 spiro atoms. The average molecular weight is 447 g/mol. The van der Waals surface area contributed by atoms with Crippen molar-refractivity contribution in [3.05, 3.63) is 88.5 Å². The van der Waals surface area contributed by atoms with Crippen molar-refractivity contribution in [3.63, 3.8) is 0 Å². The molecule has 4 rings (SSSR count). The predicted molar refractivity (Wildman–Crippen MR) is 109 cm³/mol. The van der Waals surface area contributed by atoms with E-state index in [4.69, 9.17) is 4.74 Å². The number of ether oxygens (including phenoxy) is 1. The number of hydrogen-bond acceptors (Lipinski definition) is 2. The molecular formula is C24H18F5NO2. The van der Waals surface area contributed by atoms with E-state index in [2.05, 4.69) is 5.32 Å². The van der Waals surface area contributed by atoms with Gasteiger partial charge in [-0.2, -0.15) is 13.2 Å². The van der Waals surface area contributed by atoms with Crippen LogP contribution in [-0.4, -0.2) is 5.91 Å². The van der Waals surface area contributed by atoms with Gasteiger partial charge in [-0.05, 0) is 85.3 Å². The monoisotopic (exact) mass is 447 g/mol. The second-order valence-electron chi connectivity index (χ2n) is 7.68. The number of halogens is 5.